The smallest absolute Gasteiger partial charge is 0.0741 e. The number of aryl methyl sites for hydroxylation is 2. The summed E-state index contributed by atoms with van der Waals surface area (Å²) in [5.74, 6) is 0. The van der Waals surface area contributed by atoms with Gasteiger partial charge in [-0.1, -0.05) is 39.7 Å². The molecule has 0 aromatic heterocycles. The van der Waals surface area contributed by atoms with Crippen molar-refractivity contribution >= 4 is 15.9 Å². The summed E-state index contributed by atoms with van der Waals surface area (Å²) in [4.78, 5) is 0.340. The quantitative estimate of drug-likeness (QED) is 0.735. The molecular weight excluding hydrogens is 264 g/mol. The summed E-state index contributed by atoms with van der Waals surface area (Å²) in [5, 5.41) is 0. The molecule has 1 aliphatic rings. The fourth-order valence-corrected chi connectivity index (χ4v) is 3.16. The van der Waals surface area contributed by atoms with E-state index >= 15 is 0 Å². The van der Waals surface area contributed by atoms with Gasteiger partial charge in [0.15, 0.2) is 0 Å². The lowest BCUT2D eigenvalue weighted by Gasteiger charge is -2.28. The molecule has 16 heavy (non-hydrogen) atoms. The molecule has 1 aromatic rings. The molecule has 1 nitrogen and oxygen atoms in total. The van der Waals surface area contributed by atoms with E-state index in [0.717, 1.165) is 6.61 Å². The summed E-state index contributed by atoms with van der Waals surface area (Å²) in [6.45, 7) is 5.23. The van der Waals surface area contributed by atoms with Crippen molar-refractivity contribution in [2.75, 3.05) is 6.61 Å². The van der Waals surface area contributed by atoms with Gasteiger partial charge in [0.2, 0.25) is 0 Å². The van der Waals surface area contributed by atoms with Crippen LogP contribution >= 0.6 is 15.9 Å². The first kappa shape index (κ1) is 12.1. The summed E-state index contributed by atoms with van der Waals surface area (Å²) in [7, 11) is 0. The van der Waals surface area contributed by atoms with E-state index in [9.17, 15) is 0 Å². The van der Waals surface area contributed by atoms with E-state index in [1.165, 1.54) is 36.0 Å². The molecule has 2 rings (SSSR count). The molecule has 2 unspecified atom stereocenters. The van der Waals surface area contributed by atoms with Gasteiger partial charge in [0.25, 0.3) is 0 Å². The Hall–Kier alpha value is -0.340. The van der Waals surface area contributed by atoms with E-state index in [0.29, 0.717) is 10.9 Å². The van der Waals surface area contributed by atoms with E-state index in [2.05, 4.69) is 48.0 Å². The number of rotatable bonds is 2. The molecule has 0 aliphatic carbocycles. The van der Waals surface area contributed by atoms with Gasteiger partial charge in [-0.15, -0.1) is 0 Å². The Morgan fingerprint density at radius 1 is 1.31 bits per heavy atom. The summed E-state index contributed by atoms with van der Waals surface area (Å²) in [6.07, 6.45) is 4.01. The Balaban J connectivity index is 2.18. The van der Waals surface area contributed by atoms with Crippen molar-refractivity contribution in [1.82, 2.24) is 0 Å². The largest absolute Gasteiger partial charge is 0.377 e. The topological polar surface area (TPSA) is 9.23 Å². The lowest BCUT2D eigenvalue weighted by Crippen LogP contribution is -2.23. The summed E-state index contributed by atoms with van der Waals surface area (Å²) >= 11 is 3.81. The lowest BCUT2D eigenvalue weighted by molar-refractivity contribution is 0.0159. The number of hydrogen-bond donors (Lipinski definition) is 0. The molecule has 1 aromatic carbocycles. The van der Waals surface area contributed by atoms with Gasteiger partial charge in [0.1, 0.15) is 0 Å². The molecule has 0 saturated carbocycles. The van der Waals surface area contributed by atoms with Crippen LogP contribution in [0.1, 0.15) is 40.8 Å². The summed E-state index contributed by atoms with van der Waals surface area (Å²) < 4.78 is 5.84. The van der Waals surface area contributed by atoms with E-state index in [-0.39, 0.29) is 0 Å². The Morgan fingerprint density at radius 2 is 2.12 bits per heavy atom. The van der Waals surface area contributed by atoms with Crippen molar-refractivity contribution in [2.45, 2.75) is 44.0 Å². The highest BCUT2D eigenvalue weighted by molar-refractivity contribution is 9.09. The molecule has 0 bridgehead atoms. The molecule has 88 valence electrons. The van der Waals surface area contributed by atoms with E-state index in [4.69, 9.17) is 4.74 Å². The highest BCUT2D eigenvalue weighted by Gasteiger charge is 2.24. The van der Waals surface area contributed by atoms with Crippen molar-refractivity contribution < 1.29 is 4.74 Å². The minimum Gasteiger partial charge on any atom is -0.377 e. The second-order valence-corrected chi connectivity index (χ2v) is 5.65. The van der Waals surface area contributed by atoms with E-state index in [1.54, 1.807) is 0 Å². The minimum atomic E-state index is 0.340. The molecule has 0 radical (unpaired) electrons. The van der Waals surface area contributed by atoms with E-state index < -0.39 is 0 Å². The SMILES string of the molecule is Cc1ccc(C)c(C(Br)C2CCCCO2)c1. The van der Waals surface area contributed by atoms with Crippen molar-refractivity contribution in [3.05, 3.63) is 34.9 Å². The van der Waals surface area contributed by atoms with Crippen LogP contribution in [0.25, 0.3) is 0 Å². The monoisotopic (exact) mass is 282 g/mol. The molecule has 1 saturated heterocycles. The highest BCUT2D eigenvalue weighted by Crippen LogP contribution is 2.35. The molecular formula is C14H19BrO. The van der Waals surface area contributed by atoms with Gasteiger partial charge in [-0.25, -0.2) is 0 Å². The fourth-order valence-electron chi connectivity index (χ4n) is 2.25. The molecule has 2 heteroatoms. The van der Waals surface area contributed by atoms with Crippen molar-refractivity contribution in [3.63, 3.8) is 0 Å². The first-order valence-corrected chi connectivity index (χ1v) is 6.93. The molecule has 1 heterocycles. The Morgan fingerprint density at radius 3 is 2.81 bits per heavy atom. The van der Waals surface area contributed by atoms with Crippen LogP contribution in [-0.4, -0.2) is 12.7 Å². The normalized spacial score (nSPS) is 23.1. The van der Waals surface area contributed by atoms with Crippen LogP contribution in [0, 0.1) is 13.8 Å². The fraction of sp³-hybridized carbons (Fsp3) is 0.571. The molecule has 2 atom stereocenters. The summed E-state index contributed by atoms with van der Waals surface area (Å²) in [5.41, 5.74) is 4.05. The first-order chi connectivity index (χ1) is 7.68. The average molecular weight is 283 g/mol. The highest BCUT2D eigenvalue weighted by atomic mass is 79.9. The van der Waals surface area contributed by atoms with Gasteiger partial charge in [-0.3, -0.25) is 0 Å². The minimum absolute atomic E-state index is 0.340. The summed E-state index contributed by atoms with van der Waals surface area (Å²) in [6, 6.07) is 6.63. The van der Waals surface area contributed by atoms with Gasteiger partial charge >= 0.3 is 0 Å². The third-order valence-electron chi connectivity index (χ3n) is 3.27. The third-order valence-corrected chi connectivity index (χ3v) is 4.36. The van der Waals surface area contributed by atoms with Crippen LogP contribution in [-0.2, 0) is 4.74 Å². The second kappa shape index (κ2) is 5.33. The number of ether oxygens (including phenoxy) is 1. The molecule has 0 spiro atoms. The zero-order valence-electron chi connectivity index (χ0n) is 10.0. The zero-order valence-corrected chi connectivity index (χ0v) is 11.6. The van der Waals surface area contributed by atoms with Crippen LogP contribution in [0.4, 0.5) is 0 Å². The van der Waals surface area contributed by atoms with Gasteiger partial charge in [-0.05, 0) is 44.2 Å². The number of alkyl halides is 1. The van der Waals surface area contributed by atoms with Gasteiger partial charge in [0, 0.05) is 6.61 Å². The number of benzene rings is 1. The van der Waals surface area contributed by atoms with Gasteiger partial charge in [0.05, 0.1) is 10.9 Å². The van der Waals surface area contributed by atoms with Gasteiger partial charge in [-0.2, -0.15) is 0 Å². The van der Waals surface area contributed by atoms with Crippen LogP contribution in [0.3, 0.4) is 0 Å². The number of halogens is 1. The number of hydrogen-bond acceptors (Lipinski definition) is 1. The molecule has 0 N–H and O–H groups in total. The second-order valence-electron chi connectivity index (χ2n) is 4.67. The maximum atomic E-state index is 5.84. The third kappa shape index (κ3) is 2.67. The van der Waals surface area contributed by atoms with Crippen LogP contribution in [0.5, 0.6) is 0 Å². The van der Waals surface area contributed by atoms with Crippen LogP contribution in [0.2, 0.25) is 0 Å². The van der Waals surface area contributed by atoms with Crippen LogP contribution in [0.15, 0.2) is 18.2 Å². The maximum absolute atomic E-state index is 5.84. The predicted octanol–water partition coefficient (Wildman–Crippen LogP) is 4.31. The van der Waals surface area contributed by atoms with Crippen molar-refractivity contribution in [2.24, 2.45) is 0 Å². The Labute approximate surface area is 106 Å². The maximum Gasteiger partial charge on any atom is 0.0741 e. The molecule has 1 aliphatic heterocycles. The average Bonchev–Trinajstić information content (AvgIpc) is 2.32. The van der Waals surface area contributed by atoms with Crippen molar-refractivity contribution in [1.29, 1.82) is 0 Å². The zero-order chi connectivity index (χ0) is 11.5. The van der Waals surface area contributed by atoms with Crippen molar-refractivity contribution in [3.8, 4) is 0 Å². The van der Waals surface area contributed by atoms with Gasteiger partial charge < -0.3 is 4.74 Å². The Kier molecular flexibility index (Phi) is 4.04. The Bertz CT molecular complexity index is 356. The van der Waals surface area contributed by atoms with E-state index in [1.807, 2.05) is 0 Å². The lowest BCUT2D eigenvalue weighted by atomic mass is 9.96. The molecule has 1 fully saturated rings. The standard InChI is InChI=1S/C14H19BrO/c1-10-6-7-11(2)12(9-10)14(15)13-5-3-4-8-16-13/h6-7,9,13-14H,3-5,8H2,1-2H3. The van der Waals surface area contributed by atoms with Crippen LogP contribution < -0.4 is 0 Å². The first-order valence-electron chi connectivity index (χ1n) is 6.01. The molecule has 0 amide bonds. The predicted molar refractivity (Wildman–Crippen MR) is 71.2 cm³/mol.